The molecule has 2 aromatic rings. The normalized spacial score (nSPS) is 20.0. The molecule has 0 N–H and O–H groups in total. The molecule has 2 fully saturated rings. The Kier molecular flexibility index (Phi) is 6.00. The van der Waals surface area contributed by atoms with E-state index in [4.69, 9.17) is 4.74 Å². The zero-order valence-corrected chi connectivity index (χ0v) is 19.3. The largest absolute Gasteiger partial charge is 0.444 e. The number of amides is 1. The van der Waals surface area contributed by atoms with Gasteiger partial charge < -0.3 is 14.5 Å². The Morgan fingerprint density at radius 2 is 1.79 bits per heavy atom. The van der Waals surface area contributed by atoms with Gasteiger partial charge in [-0.3, -0.25) is 4.68 Å². The summed E-state index contributed by atoms with van der Waals surface area (Å²) in [5, 5.41) is 4.39. The molecule has 0 aliphatic carbocycles. The van der Waals surface area contributed by atoms with Gasteiger partial charge in [0.25, 0.3) is 0 Å². The van der Waals surface area contributed by atoms with Gasteiger partial charge >= 0.3 is 12.3 Å². The molecule has 1 atom stereocenters. The topological polar surface area (TPSA) is 76.4 Å². The van der Waals surface area contributed by atoms with E-state index < -0.39 is 17.5 Å². The highest BCUT2D eigenvalue weighted by Gasteiger charge is 2.36. The van der Waals surface area contributed by atoms with E-state index in [-0.39, 0.29) is 29.8 Å². The summed E-state index contributed by atoms with van der Waals surface area (Å²) in [6.45, 7) is 9.11. The van der Waals surface area contributed by atoms with Crippen molar-refractivity contribution in [2.24, 2.45) is 0 Å². The summed E-state index contributed by atoms with van der Waals surface area (Å²) in [5.41, 5.74) is -0.805. The van der Waals surface area contributed by atoms with Crippen molar-refractivity contribution in [1.29, 1.82) is 0 Å². The minimum Gasteiger partial charge on any atom is -0.444 e. The summed E-state index contributed by atoms with van der Waals surface area (Å²) < 4.78 is 47.6. The van der Waals surface area contributed by atoms with Gasteiger partial charge in [-0.2, -0.15) is 18.3 Å². The van der Waals surface area contributed by atoms with E-state index in [0.717, 1.165) is 12.5 Å². The van der Waals surface area contributed by atoms with Crippen LogP contribution >= 0.6 is 0 Å². The van der Waals surface area contributed by atoms with Gasteiger partial charge in [0.2, 0.25) is 5.95 Å². The first-order valence-electron chi connectivity index (χ1n) is 11.2. The maximum atomic E-state index is 13.5. The monoisotopic (exact) mass is 466 g/mol. The van der Waals surface area contributed by atoms with Crippen LogP contribution in [0.25, 0.3) is 11.3 Å². The van der Waals surface area contributed by atoms with Crippen LogP contribution in [0.2, 0.25) is 0 Å². The summed E-state index contributed by atoms with van der Waals surface area (Å²) in [4.78, 5) is 23.9. The molecule has 2 aliphatic heterocycles. The number of anilines is 1. The fourth-order valence-corrected chi connectivity index (χ4v) is 3.98. The van der Waals surface area contributed by atoms with Crippen LogP contribution in [-0.4, -0.2) is 62.0 Å². The molecule has 2 aromatic heterocycles. The second kappa shape index (κ2) is 8.49. The number of alkyl halides is 3. The fraction of sp³-hybridized carbons (Fsp3) is 0.636. The van der Waals surface area contributed by atoms with E-state index in [9.17, 15) is 18.0 Å². The Morgan fingerprint density at radius 3 is 2.33 bits per heavy atom. The van der Waals surface area contributed by atoms with E-state index in [0.29, 0.717) is 38.0 Å². The lowest BCUT2D eigenvalue weighted by molar-refractivity contribution is -0.141. The summed E-state index contributed by atoms with van der Waals surface area (Å²) in [6.07, 6.45) is 0.602. The molecule has 2 saturated heterocycles. The van der Waals surface area contributed by atoms with E-state index in [1.165, 1.54) is 6.20 Å². The molecule has 0 spiro atoms. The number of hydrogen-bond acceptors (Lipinski definition) is 6. The van der Waals surface area contributed by atoms with Crippen LogP contribution in [0.1, 0.15) is 58.7 Å². The zero-order valence-electron chi connectivity index (χ0n) is 19.3. The minimum atomic E-state index is -4.56. The number of rotatable bonds is 3. The van der Waals surface area contributed by atoms with Crippen molar-refractivity contribution >= 4 is 12.0 Å². The third kappa shape index (κ3) is 5.22. The minimum absolute atomic E-state index is 0.0382. The van der Waals surface area contributed by atoms with Crippen molar-refractivity contribution in [3.05, 3.63) is 24.2 Å². The molecule has 1 amide bonds. The molecule has 8 nitrogen and oxygen atoms in total. The van der Waals surface area contributed by atoms with Crippen LogP contribution in [0.3, 0.4) is 0 Å². The number of piperidine rings is 1. The predicted molar refractivity (Wildman–Crippen MR) is 116 cm³/mol. The van der Waals surface area contributed by atoms with Crippen molar-refractivity contribution in [3.8, 4) is 11.3 Å². The van der Waals surface area contributed by atoms with E-state index in [1.54, 1.807) is 20.7 Å². The fourth-order valence-electron chi connectivity index (χ4n) is 3.98. The molecular weight excluding hydrogens is 437 g/mol. The zero-order chi connectivity index (χ0) is 24.0. The Morgan fingerprint density at radius 1 is 1.09 bits per heavy atom. The Bertz CT molecular complexity index is 1010. The molecule has 0 aromatic carbocycles. The molecule has 4 rings (SSSR count). The Labute approximate surface area is 190 Å². The smallest absolute Gasteiger partial charge is 0.433 e. The number of likely N-dealkylation sites (tertiary alicyclic amines) is 1. The van der Waals surface area contributed by atoms with Crippen molar-refractivity contribution in [1.82, 2.24) is 24.6 Å². The number of aromatic nitrogens is 4. The van der Waals surface area contributed by atoms with Gasteiger partial charge in [-0.15, -0.1) is 0 Å². The first-order chi connectivity index (χ1) is 15.4. The lowest BCUT2D eigenvalue weighted by atomic mass is 10.1. The number of halogens is 3. The Balaban J connectivity index is 1.50. The first kappa shape index (κ1) is 23.3. The second-order valence-electron chi connectivity index (χ2n) is 9.67. The maximum Gasteiger partial charge on any atom is 0.433 e. The van der Waals surface area contributed by atoms with Crippen molar-refractivity contribution in [2.75, 3.05) is 24.5 Å². The molecule has 0 radical (unpaired) electrons. The SMILES string of the molecule is C[C@H]1CCN1c1nc(-c2cnn(C3CCN(C(=O)OC(C)(C)C)CC3)c2)cc(C(F)(F)F)n1. The standard InChI is InChI=1S/C22H29F3N6O2/c1-14-5-10-30(14)19-27-17(11-18(28-19)22(23,24)25)15-12-26-31(13-15)16-6-8-29(9-7-16)20(32)33-21(2,3)4/h11-14,16H,5-10H2,1-4H3/t14-/m0/s1. The molecule has 33 heavy (non-hydrogen) atoms. The molecule has 0 unspecified atom stereocenters. The quantitative estimate of drug-likeness (QED) is 0.662. The number of hydrogen-bond donors (Lipinski definition) is 0. The maximum absolute atomic E-state index is 13.5. The van der Waals surface area contributed by atoms with Gasteiger partial charge in [-0.25, -0.2) is 14.8 Å². The van der Waals surface area contributed by atoms with Crippen LogP contribution in [0.15, 0.2) is 18.5 Å². The second-order valence-corrected chi connectivity index (χ2v) is 9.67. The molecule has 0 saturated carbocycles. The Hall–Kier alpha value is -2.85. The third-order valence-electron chi connectivity index (χ3n) is 5.97. The van der Waals surface area contributed by atoms with Crippen molar-refractivity contribution in [2.45, 2.75) is 70.8 Å². The van der Waals surface area contributed by atoms with Crippen LogP contribution in [0.5, 0.6) is 0 Å². The molecule has 11 heteroatoms. The summed E-state index contributed by atoms with van der Waals surface area (Å²) in [5.74, 6) is 0.0944. The number of nitrogens with zero attached hydrogens (tertiary/aromatic N) is 6. The third-order valence-corrected chi connectivity index (χ3v) is 5.97. The van der Waals surface area contributed by atoms with E-state index >= 15 is 0 Å². The summed E-state index contributed by atoms with van der Waals surface area (Å²) in [6, 6.07) is 1.12. The lowest BCUT2D eigenvalue weighted by Gasteiger charge is -2.38. The van der Waals surface area contributed by atoms with Gasteiger partial charge in [0.05, 0.1) is 17.9 Å². The van der Waals surface area contributed by atoms with Gasteiger partial charge in [-0.1, -0.05) is 0 Å². The highest BCUT2D eigenvalue weighted by atomic mass is 19.4. The van der Waals surface area contributed by atoms with Crippen LogP contribution in [-0.2, 0) is 10.9 Å². The van der Waals surface area contributed by atoms with Crippen LogP contribution in [0.4, 0.5) is 23.9 Å². The van der Waals surface area contributed by atoms with Gasteiger partial charge in [0.15, 0.2) is 5.69 Å². The van der Waals surface area contributed by atoms with Gasteiger partial charge in [0, 0.05) is 37.4 Å². The number of ether oxygens (including phenoxy) is 1. The highest BCUT2D eigenvalue weighted by Crippen LogP contribution is 2.34. The van der Waals surface area contributed by atoms with Gasteiger partial charge in [-0.05, 0) is 53.0 Å². The number of carbonyl (C=O) groups excluding carboxylic acids is 1. The molecular formula is C22H29F3N6O2. The summed E-state index contributed by atoms with van der Waals surface area (Å²) in [7, 11) is 0. The molecule has 4 heterocycles. The molecule has 2 aliphatic rings. The lowest BCUT2D eigenvalue weighted by Crippen LogP contribution is -2.46. The highest BCUT2D eigenvalue weighted by molar-refractivity contribution is 5.68. The average Bonchev–Trinajstić information content (AvgIpc) is 3.21. The summed E-state index contributed by atoms with van der Waals surface area (Å²) >= 11 is 0. The van der Waals surface area contributed by atoms with Crippen LogP contribution in [0, 0.1) is 0 Å². The van der Waals surface area contributed by atoms with Crippen LogP contribution < -0.4 is 4.90 Å². The molecule has 180 valence electrons. The first-order valence-corrected chi connectivity index (χ1v) is 11.2. The van der Waals surface area contributed by atoms with E-state index in [1.807, 2.05) is 27.7 Å². The molecule has 0 bridgehead atoms. The predicted octanol–water partition coefficient (Wildman–Crippen LogP) is 4.53. The van der Waals surface area contributed by atoms with Crippen molar-refractivity contribution < 1.29 is 22.7 Å². The van der Waals surface area contributed by atoms with Crippen molar-refractivity contribution in [3.63, 3.8) is 0 Å². The number of carbonyl (C=O) groups is 1. The van der Waals surface area contributed by atoms with E-state index in [2.05, 4.69) is 15.1 Å². The average molecular weight is 467 g/mol. The van der Waals surface area contributed by atoms with Gasteiger partial charge in [0.1, 0.15) is 5.60 Å².